The van der Waals surface area contributed by atoms with Gasteiger partial charge in [-0.05, 0) is 39.7 Å². The zero-order chi connectivity index (χ0) is 18.9. The van der Waals surface area contributed by atoms with E-state index in [-0.39, 0.29) is 17.9 Å². The molecule has 6 nitrogen and oxygen atoms in total. The van der Waals surface area contributed by atoms with Crippen molar-refractivity contribution in [1.29, 1.82) is 0 Å². The van der Waals surface area contributed by atoms with Gasteiger partial charge in [0.05, 0.1) is 24.1 Å². The molecule has 3 rings (SSSR count). The molecule has 0 saturated carbocycles. The highest BCUT2D eigenvalue weighted by Crippen LogP contribution is 2.39. The van der Waals surface area contributed by atoms with Crippen molar-refractivity contribution >= 4 is 12.0 Å². The topological polar surface area (TPSA) is 67.9 Å². The molecule has 1 aromatic carbocycles. The van der Waals surface area contributed by atoms with Crippen LogP contribution in [0.3, 0.4) is 0 Å². The second-order valence-corrected chi connectivity index (χ2v) is 8.21. The van der Waals surface area contributed by atoms with Gasteiger partial charge >= 0.3 is 6.09 Å². The molecule has 0 aliphatic carbocycles. The Morgan fingerprint density at radius 1 is 1.35 bits per heavy atom. The summed E-state index contributed by atoms with van der Waals surface area (Å²) >= 11 is 0. The fourth-order valence-corrected chi connectivity index (χ4v) is 3.80. The van der Waals surface area contributed by atoms with Crippen LogP contribution in [-0.2, 0) is 14.3 Å². The van der Waals surface area contributed by atoms with Gasteiger partial charge in [0.2, 0.25) is 5.91 Å². The second kappa shape index (κ2) is 6.91. The fourth-order valence-electron chi connectivity index (χ4n) is 3.80. The number of carbonyl (C=O) groups is 2. The first-order valence-corrected chi connectivity index (χ1v) is 9.16. The van der Waals surface area contributed by atoms with Crippen molar-refractivity contribution in [3.8, 4) is 0 Å². The first kappa shape index (κ1) is 18.7. The van der Waals surface area contributed by atoms with E-state index in [0.717, 1.165) is 5.56 Å². The Hall–Kier alpha value is -2.08. The zero-order valence-corrected chi connectivity index (χ0v) is 16.0. The van der Waals surface area contributed by atoms with E-state index in [1.165, 1.54) is 0 Å². The smallest absolute Gasteiger partial charge is 0.408 e. The molecule has 0 aromatic heterocycles. The number of likely N-dealkylation sites (tertiary alicyclic amines) is 1. The number of ether oxygens (including phenoxy) is 2. The molecule has 26 heavy (non-hydrogen) atoms. The molecule has 6 heteroatoms. The lowest BCUT2D eigenvalue weighted by Crippen LogP contribution is -2.59. The molecule has 3 atom stereocenters. The molecule has 2 fully saturated rings. The maximum atomic E-state index is 13.1. The van der Waals surface area contributed by atoms with Crippen LogP contribution in [0.2, 0.25) is 0 Å². The lowest BCUT2D eigenvalue weighted by Gasteiger charge is -2.38. The summed E-state index contributed by atoms with van der Waals surface area (Å²) in [5.74, 6) is -0.355. The van der Waals surface area contributed by atoms with E-state index in [1.54, 1.807) is 0 Å². The quantitative estimate of drug-likeness (QED) is 0.900. The average molecular weight is 360 g/mol. The summed E-state index contributed by atoms with van der Waals surface area (Å²) in [6.45, 7) is 8.82. The van der Waals surface area contributed by atoms with E-state index < -0.39 is 17.2 Å². The molecule has 1 aromatic rings. The lowest BCUT2D eigenvalue weighted by atomic mass is 9.83. The van der Waals surface area contributed by atoms with Gasteiger partial charge in [0.1, 0.15) is 5.60 Å². The summed E-state index contributed by atoms with van der Waals surface area (Å²) in [7, 11) is 0. The zero-order valence-electron chi connectivity index (χ0n) is 16.0. The third kappa shape index (κ3) is 3.70. The monoisotopic (exact) mass is 360 g/mol. The minimum Gasteiger partial charge on any atom is -0.444 e. The predicted molar refractivity (Wildman–Crippen MR) is 97.6 cm³/mol. The molecule has 2 amide bonds. The maximum absolute atomic E-state index is 13.1. The number of alkyl carbamates (subject to hydrolysis) is 1. The summed E-state index contributed by atoms with van der Waals surface area (Å²) in [4.78, 5) is 27.3. The molecule has 2 aliphatic rings. The Balaban J connectivity index is 1.82. The van der Waals surface area contributed by atoms with Crippen LogP contribution in [0.5, 0.6) is 0 Å². The summed E-state index contributed by atoms with van der Waals surface area (Å²) < 4.78 is 11.0. The highest BCUT2D eigenvalue weighted by Gasteiger charge is 2.56. The van der Waals surface area contributed by atoms with Crippen molar-refractivity contribution in [1.82, 2.24) is 10.2 Å². The van der Waals surface area contributed by atoms with Crippen molar-refractivity contribution < 1.29 is 19.1 Å². The third-order valence-electron chi connectivity index (χ3n) is 5.18. The molecular formula is C20H28N2O4. The van der Waals surface area contributed by atoms with Gasteiger partial charge in [0.15, 0.2) is 0 Å². The fraction of sp³-hybridized carbons (Fsp3) is 0.600. The van der Waals surface area contributed by atoms with Crippen molar-refractivity contribution in [3.63, 3.8) is 0 Å². The first-order chi connectivity index (χ1) is 12.2. The van der Waals surface area contributed by atoms with E-state index in [1.807, 2.05) is 62.9 Å². The van der Waals surface area contributed by atoms with E-state index in [0.29, 0.717) is 26.2 Å². The second-order valence-electron chi connectivity index (χ2n) is 8.21. The molecular weight excluding hydrogens is 332 g/mol. The van der Waals surface area contributed by atoms with Crippen molar-refractivity contribution in [2.45, 2.75) is 51.3 Å². The van der Waals surface area contributed by atoms with Crippen molar-refractivity contribution in [2.24, 2.45) is 5.92 Å². The Morgan fingerprint density at radius 3 is 2.69 bits per heavy atom. The first-order valence-electron chi connectivity index (χ1n) is 9.16. The number of amides is 2. The number of hydrogen-bond acceptors (Lipinski definition) is 4. The summed E-state index contributed by atoms with van der Waals surface area (Å²) in [5.41, 5.74) is -0.144. The molecule has 142 valence electrons. The van der Waals surface area contributed by atoms with Gasteiger partial charge in [0.25, 0.3) is 0 Å². The SMILES string of the molecule is C[C@H](c1ccccc1)N1C[C@]2(NC(=O)OC(C)(C)C)CCOC[C@H]2C1=O. The number of fused-ring (bicyclic) bond motifs is 1. The largest absolute Gasteiger partial charge is 0.444 e. The lowest BCUT2D eigenvalue weighted by molar-refractivity contribution is -0.136. The molecule has 2 aliphatic heterocycles. The number of benzene rings is 1. The van der Waals surface area contributed by atoms with Gasteiger partial charge in [-0.3, -0.25) is 4.79 Å². The minimum atomic E-state index is -0.638. The number of nitrogens with zero attached hydrogens (tertiary/aromatic N) is 1. The molecule has 2 saturated heterocycles. The predicted octanol–water partition coefficient (Wildman–Crippen LogP) is 2.89. The Morgan fingerprint density at radius 2 is 2.04 bits per heavy atom. The Labute approximate surface area is 154 Å². The van der Waals surface area contributed by atoms with Gasteiger partial charge < -0.3 is 19.7 Å². The van der Waals surface area contributed by atoms with Crippen LogP contribution in [0.15, 0.2) is 30.3 Å². The van der Waals surface area contributed by atoms with Crippen LogP contribution in [0.4, 0.5) is 4.79 Å². The van der Waals surface area contributed by atoms with Crippen LogP contribution in [0, 0.1) is 5.92 Å². The van der Waals surface area contributed by atoms with Gasteiger partial charge in [-0.15, -0.1) is 0 Å². The van der Waals surface area contributed by atoms with Crippen LogP contribution >= 0.6 is 0 Å². The normalized spacial score (nSPS) is 27.0. The summed E-state index contributed by atoms with van der Waals surface area (Å²) in [5, 5.41) is 3.01. The molecule has 0 radical (unpaired) electrons. The van der Waals surface area contributed by atoms with Crippen LogP contribution in [0.1, 0.15) is 45.7 Å². The van der Waals surface area contributed by atoms with E-state index >= 15 is 0 Å². The van der Waals surface area contributed by atoms with Crippen molar-refractivity contribution in [2.75, 3.05) is 19.8 Å². The summed E-state index contributed by atoms with van der Waals surface area (Å²) in [6, 6.07) is 9.87. The summed E-state index contributed by atoms with van der Waals surface area (Å²) in [6.07, 6.45) is 0.118. The molecule has 0 unspecified atom stereocenters. The Kier molecular flexibility index (Phi) is 4.97. The maximum Gasteiger partial charge on any atom is 0.408 e. The van der Waals surface area contributed by atoms with Gasteiger partial charge in [-0.2, -0.15) is 0 Å². The van der Waals surface area contributed by atoms with Crippen LogP contribution < -0.4 is 5.32 Å². The molecule has 2 heterocycles. The molecule has 0 spiro atoms. The number of hydrogen-bond donors (Lipinski definition) is 1. The Bertz CT molecular complexity index is 670. The highest BCUT2D eigenvalue weighted by molar-refractivity contribution is 5.85. The van der Waals surface area contributed by atoms with E-state index in [4.69, 9.17) is 9.47 Å². The van der Waals surface area contributed by atoms with Crippen molar-refractivity contribution in [3.05, 3.63) is 35.9 Å². The van der Waals surface area contributed by atoms with Crippen LogP contribution in [-0.4, -0.2) is 47.8 Å². The molecule has 0 bridgehead atoms. The van der Waals surface area contributed by atoms with Crippen LogP contribution in [0.25, 0.3) is 0 Å². The standard InChI is InChI=1S/C20H28N2O4/c1-14(15-8-6-5-7-9-15)22-13-20(21-18(24)26-19(2,3)4)10-11-25-12-16(20)17(22)23/h5-9,14,16H,10-13H2,1-4H3,(H,21,24)/t14-,16+,20-/m1/s1. The van der Waals surface area contributed by atoms with Gasteiger partial charge in [0, 0.05) is 13.2 Å². The number of carbonyl (C=O) groups excluding carboxylic acids is 2. The number of rotatable bonds is 3. The average Bonchev–Trinajstić information content (AvgIpc) is 2.86. The van der Waals surface area contributed by atoms with E-state index in [2.05, 4.69) is 5.32 Å². The third-order valence-corrected chi connectivity index (χ3v) is 5.18. The van der Waals surface area contributed by atoms with Gasteiger partial charge in [-0.25, -0.2) is 4.79 Å². The number of nitrogens with one attached hydrogen (secondary N) is 1. The van der Waals surface area contributed by atoms with E-state index in [9.17, 15) is 9.59 Å². The minimum absolute atomic E-state index is 0.0251. The highest BCUT2D eigenvalue weighted by atomic mass is 16.6. The molecule has 1 N–H and O–H groups in total. The van der Waals surface area contributed by atoms with Gasteiger partial charge in [-0.1, -0.05) is 30.3 Å².